The molecule has 0 saturated carbocycles. The molecule has 1 aromatic heterocycles. The molecule has 0 radical (unpaired) electrons. The summed E-state index contributed by atoms with van der Waals surface area (Å²) < 4.78 is 5.49. The highest BCUT2D eigenvalue weighted by atomic mass is 35.5. The lowest BCUT2D eigenvalue weighted by molar-refractivity contribution is 0.0769. The molecule has 2 aromatic rings. The van der Waals surface area contributed by atoms with Crippen LogP contribution in [0.2, 0.25) is 5.02 Å². The molecule has 1 unspecified atom stereocenters. The number of benzene rings is 1. The van der Waals surface area contributed by atoms with Crippen LogP contribution < -0.4 is 11.1 Å². The van der Waals surface area contributed by atoms with E-state index < -0.39 is 0 Å². The van der Waals surface area contributed by atoms with Gasteiger partial charge in [-0.25, -0.2) is 0 Å². The molecule has 1 atom stereocenters. The Hall–Kier alpha value is -1.69. The Kier molecular flexibility index (Phi) is 3.82. The van der Waals surface area contributed by atoms with Crippen LogP contribution in [0.3, 0.4) is 0 Å². The van der Waals surface area contributed by atoms with Gasteiger partial charge in [0.05, 0.1) is 36.8 Å². The van der Waals surface area contributed by atoms with Crippen LogP contribution in [0.5, 0.6) is 0 Å². The maximum absolute atomic E-state index is 6.21. The van der Waals surface area contributed by atoms with Gasteiger partial charge < -0.3 is 15.8 Å². The van der Waals surface area contributed by atoms with E-state index in [1.165, 1.54) is 6.20 Å². The summed E-state index contributed by atoms with van der Waals surface area (Å²) in [6.07, 6.45) is 1.52. The normalized spacial score (nSPS) is 18.9. The number of halogens is 1. The zero-order chi connectivity index (χ0) is 13.9. The lowest BCUT2D eigenvalue weighted by Gasteiger charge is -2.24. The number of anilines is 1. The molecule has 2 heterocycles. The van der Waals surface area contributed by atoms with Crippen LogP contribution in [0.25, 0.3) is 11.3 Å². The van der Waals surface area contributed by atoms with Crippen molar-refractivity contribution in [3.05, 3.63) is 41.0 Å². The molecule has 1 saturated heterocycles. The fourth-order valence-electron chi connectivity index (χ4n) is 2.26. The molecule has 5 nitrogen and oxygen atoms in total. The summed E-state index contributed by atoms with van der Waals surface area (Å²) in [5.74, 6) is 0. The number of hydrogen-bond donors (Lipinski definition) is 2. The summed E-state index contributed by atoms with van der Waals surface area (Å²) >= 11 is 6.21. The summed E-state index contributed by atoms with van der Waals surface area (Å²) in [5.41, 5.74) is 9.02. The van der Waals surface area contributed by atoms with Crippen molar-refractivity contribution in [2.75, 3.05) is 25.5 Å². The number of ether oxygens (including phenoxy) is 1. The van der Waals surface area contributed by atoms with Crippen molar-refractivity contribution >= 4 is 17.3 Å². The number of rotatable bonds is 2. The van der Waals surface area contributed by atoms with Crippen LogP contribution in [0.4, 0.5) is 5.69 Å². The molecule has 20 heavy (non-hydrogen) atoms. The van der Waals surface area contributed by atoms with E-state index in [1.54, 1.807) is 6.07 Å². The van der Waals surface area contributed by atoms with Crippen LogP contribution in [0.1, 0.15) is 11.6 Å². The first kappa shape index (κ1) is 13.3. The van der Waals surface area contributed by atoms with E-state index in [0.717, 1.165) is 24.3 Å². The maximum atomic E-state index is 6.21. The van der Waals surface area contributed by atoms with Gasteiger partial charge in [-0.1, -0.05) is 11.6 Å². The van der Waals surface area contributed by atoms with E-state index in [9.17, 15) is 0 Å². The highest BCUT2D eigenvalue weighted by Crippen LogP contribution is 2.27. The smallest absolute Gasteiger partial charge is 0.0950 e. The van der Waals surface area contributed by atoms with Gasteiger partial charge in [0, 0.05) is 17.1 Å². The first-order valence-electron chi connectivity index (χ1n) is 6.42. The SMILES string of the molecule is Nc1cnnc(-c2cc(Cl)cc(C3COCCN3)c2)c1. The Labute approximate surface area is 122 Å². The Bertz CT molecular complexity index is 614. The minimum absolute atomic E-state index is 0.148. The molecule has 0 spiro atoms. The van der Waals surface area contributed by atoms with Crippen molar-refractivity contribution in [2.45, 2.75) is 6.04 Å². The zero-order valence-corrected chi connectivity index (χ0v) is 11.6. The van der Waals surface area contributed by atoms with Crippen molar-refractivity contribution in [3.63, 3.8) is 0 Å². The Morgan fingerprint density at radius 1 is 1.30 bits per heavy atom. The molecule has 1 aliphatic rings. The summed E-state index contributed by atoms with van der Waals surface area (Å²) in [6, 6.07) is 7.78. The molecule has 1 fully saturated rings. The number of aromatic nitrogens is 2. The Morgan fingerprint density at radius 3 is 2.95 bits per heavy atom. The van der Waals surface area contributed by atoms with Crippen molar-refractivity contribution in [1.82, 2.24) is 15.5 Å². The lowest BCUT2D eigenvalue weighted by Crippen LogP contribution is -2.34. The maximum Gasteiger partial charge on any atom is 0.0950 e. The van der Waals surface area contributed by atoms with E-state index in [0.29, 0.717) is 23.0 Å². The number of hydrogen-bond acceptors (Lipinski definition) is 5. The second-order valence-electron chi connectivity index (χ2n) is 4.73. The van der Waals surface area contributed by atoms with Crippen LogP contribution in [-0.2, 0) is 4.74 Å². The average molecular weight is 291 g/mol. The van der Waals surface area contributed by atoms with E-state index in [1.807, 2.05) is 18.2 Å². The molecule has 1 aromatic carbocycles. The van der Waals surface area contributed by atoms with Gasteiger partial charge in [0.25, 0.3) is 0 Å². The van der Waals surface area contributed by atoms with Crippen LogP contribution in [0.15, 0.2) is 30.5 Å². The monoisotopic (exact) mass is 290 g/mol. The van der Waals surface area contributed by atoms with Crippen molar-refractivity contribution < 1.29 is 4.74 Å². The molecular formula is C14H15ClN4O. The lowest BCUT2D eigenvalue weighted by atomic mass is 10.0. The average Bonchev–Trinajstić information content (AvgIpc) is 2.47. The molecule has 6 heteroatoms. The van der Waals surface area contributed by atoms with Crippen molar-refractivity contribution in [2.24, 2.45) is 0 Å². The Balaban J connectivity index is 1.97. The van der Waals surface area contributed by atoms with Crippen LogP contribution >= 0.6 is 11.6 Å². The third kappa shape index (κ3) is 2.90. The number of morpholine rings is 1. The predicted octanol–water partition coefficient (Wildman–Crippen LogP) is 2.04. The molecule has 0 aliphatic carbocycles. The minimum atomic E-state index is 0.148. The van der Waals surface area contributed by atoms with E-state index in [2.05, 4.69) is 15.5 Å². The summed E-state index contributed by atoms with van der Waals surface area (Å²) in [6.45, 7) is 2.22. The highest BCUT2D eigenvalue weighted by Gasteiger charge is 2.17. The largest absolute Gasteiger partial charge is 0.397 e. The third-order valence-corrected chi connectivity index (χ3v) is 3.43. The molecule has 104 valence electrons. The second-order valence-corrected chi connectivity index (χ2v) is 5.17. The van der Waals surface area contributed by atoms with E-state index >= 15 is 0 Å². The number of nitrogen functional groups attached to an aromatic ring is 1. The second kappa shape index (κ2) is 5.75. The van der Waals surface area contributed by atoms with Gasteiger partial charge in [0.1, 0.15) is 0 Å². The first-order chi connectivity index (χ1) is 9.72. The fourth-order valence-corrected chi connectivity index (χ4v) is 2.51. The van der Waals surface area contributed by atoms with Gasteiger partial charge in [0.15, 0.2) is 0 Å². The fraction of sp³-hybridized carbons (Fsp3) is 0.286. The molecule has 0 bridgehead atoms. The van der Waals surface area contributed by atoms with Crippen molar-refractivity contribution in [3.8, 4) is 11.3 Å². The zero-order valence-electron chi connectivity index (χ0n) is 10.8. The molecule has 3 rings (SSSR count). The third-order valence-electron chi connectivity index (χ3n) is 3.22. The number of nitrogens with two attached hydrogens (primary N) is 1. The van der Waals surface area contributed by atoms with Gasteiger partial charge in [-0.05, 0) is 29.8 Å². The van der Waals surface area contributed by atoms with Crippen molar-refractivity contribution in [1.29, 1.82) is 0 Å². The van der Waals surface area contributed by atoms with Crippen LogP contribution in [-0.4, -0.2) is 30.0 Å². The summed E-state index contributed by atoms with van der Waals surface area (Å²) in [7, 11) is 0. The number of nitrogens with one attached hydrogen (secondary N) is 1. The predicted molar refractivity (Wildman–Crippen MR) is 78.5 cm³/mol. The minimum Gasteiger partial charge on any atom is -0.397 e. The van der Waals surface area contributed by atoms with Gasteiger partial charge in [-0.3, -0.25) is 0 Å². The molecule has 1 aliphatic heterocycles. The topological polar surface area (TPSA) is 73.1 Å². The summed E-state index contributed by atoms with van der Waals surface area (Å²) in [4.78, 5) is 0. The first-order valence-corrected chi connectivity index (χ1v) is 6.80. The summed E-state index contributed by atoms with van der Waals surface area (Å²) in [5, 5.41) is 12.0. The van der Waals surface area contributed by atoms with Gasteiger partial charge in [-0.15, -0.1) is 0 Å². The Morgan fingerprint density at radius 2 is 2.20 bits per heavy atom. The standard InChI is InChI=1S/C14H15ClN4O/c15-11-4-9(13-6-12(16)7-18-19-13)3-10(5-11)14-8-20-2-1-17-14/h3-7,14,17H,1-2,8H2,(H2,16,19). The van der Waals surface area contributed by atoms with E-state index in [-0.39, 0.29) is 6.04 Å². The van der Waals surface area contributed by atoms with Gasteiger partial charge in [-0.2, -0.15) is 10.2 Å². The molecular weight excluding hydrogens is 276 g/mol. The quantitative estimate of drug-likeness (QED) is 0.885. The number of nitrogens with zero attached hydrogens (tertiary/aromatic N) is 2. The molecule has 3 N–H and O–H groups in total. The molecule has 0 amide bonds. The van der Waals surface area contributed by atoms with Gasteiger partial charge >= 0.3 is 0 Å². The highest BCUT2D eigenvalue weighted by molar-refractivity contribution is 6.31. The van der Waals surface area contributed by atoms with Crippen LogP contribution in [0, 0.1) is 0 Å². The van der Waals surface area contributed by atoms with Gasteiger partial charge in [0.2, 0.25) is 0 Å². The van der Waals surface area contributed by atoms with E-state index in [4.69, 9.17) is 22.1 Å².